The lowest BCUT2D eigenvalue weighted by Gasteiger charge is -2.12. The monoisotopic (exact) mass is 562 g/mol. The van der Waals surface area contributed by atoms with E-state index in [-0.39, 0.29) is 11.3 Å². The number of hydrogen-bond donors (Lipinski definition) is 2. The van der Waals surface area contributed by atoms with Crippen LogP contribution >= 0.6 is 0 Å². The highest BCUT2D eigenvalue weighted by Gasteiger charge is 2.34. The summed E-state index contributed by atoms with van der Waals surface area (Å²) < 4.78 is 74.0. The quantitative estimate of drug-likeness (QED) is 0.315. The molecule has 0 bridgehead atoms. The van der Waals surface area contributed by atoms with Gasteiger partial charge in [0.15, 0.2) is 0 Å². The number of imidazole rings is 1. The van der Waals surface area contributed by atoms with Gasteiger partial charge in [-0.25, -0.2) is 14.8 Å². The topological polar surface area (TPSA) is 155 Å². The van der Waals surface area contributed by atoms with E-state index in [2.05, 4.69) is 15.0 Å². The van der Waals surface area contributed by atoms with Gasteiger partial charge in [-0.15, -0.1) is 0 Å². The summed E-state index contributed by atoms with van der Waals surface area (Å²) in [5.74, 6) is -0.202. The Balaban J connectivity index is 0.000000648. The summed E-state index contributed by atoms with van der Waals surface area (Å²) in [6.45, 7) is 0. The molecule has 0 fully saturated rings. The molecule has 0 aliphatic rings. The first kappa shape index (κ1) is 27.5. The minimum absolute atomic E-state index is 0.233. The summed E-state index contributed by atoms with van der Waals surface area (Å²) in [7, 11) is -0.558. The van der Waals surface area contributed by atoms with Gasteiger partial charge in [-0.2, -0.15) is 21.6 Å². The van der Waals surface area contributed by atoms with Crippen molar-refractivity contribution in [1.29, 1.82) is 0 Å². The van der Waals surface area contributed by atoms with Crippen LogP contribution in [0.2, 0.25) is 0 Å². The molecule has 0 amide bonds. The van der Waals surface area contributed by atoms with Crippen molar-refractivity contribution in [3.05, 3.63) is 71.0 Å². The molecule has 5 rings (SSSR count). The van der Waals surface area contributed by atoms with Gasteiger partial charge >= 0.3 is 11.9 Å². The molecule has 0 unspecified atom stereocenters. The summed E-state index contributed by atoms with van der Waals surface area (Å²) in [5, 5.41) is 0.578. The zero-order chi connectivity index (χ0) is 28.7. The largest absolute Gasteiger partial charge is 0.481 e. The number of alkyl halides is 3. The number of rotatable bonds is 3. The van der Waals surface area contributed by atoms with E-state index in [4.69, 9.17) is 15.0 Å². The van der Waals surface area contributed by atoms with Crippen LogP contribution in [0, 0.1) is 0 Å². The van der Waals surface area contributed by atoms with Gasteiger partial charge in [-0.05, 0) is 29.8 Å². The van der Waals surface area contributed by atoms with Crippen molar-refractivity contribution in [2.45, 2.75) is 6.18 Å². The fourth-order valence-electron chi connectivity index (χ4n) is 3.90. The van der Waals surface area contributed by atoms with Gasteiger partial charge in [0, 0.05) is 30.3 Å². The fourth-order valence-corrected chi connectivity index (χ4v) is 3.90. The van der Waals surface area contributed by atoms with Crippen molar-refractivity contribution in [2.24, 2.45) is 7.05 Å². The Kier molecular flexibility index (Phi) is 7.06. The van der Waals surface area contributed by atoms with Crippen LogP contribution in [0.3, 0.4) is 0 Å². The predicted octanol–water partition coefficient (Wildman–Crippen LogP) is 3.45. The number of hydrogen-bond acceptors (Lipinski definition) is 8. The van der Waals surface area contributed by atoms with E-state index in [0.717, 1.165) is 6.07 Å². The van der Waals surface area contributed by atoms with Crippen molar-refractivity contribution in [3.8, 4) is 22.7 Å². The van der Waals surface area contributed by atoms with Crippen LogP contribution in [0.4, 0.5) is 19.0 Å². The zero-order valence-corrected chi connectivity index (χ0v) is 21.4. The molecule has 0 aliphatic carbocycles. The van der Waals surface area contributed by atoms with Crippen molar-refractivity contribution >= 4 is 37.9 Å². The van der Waals surface area contributed by atoms with E-state index in [0.29, 0.717) is 45.3 Å². The molecule has 0 radical (unpaired) electrons. The number of ether oxygens (including phenoxy) is 1. The van der Waals surface area contributed by atoms with Gasteiger partial charge in [-0.1, -0.05) is 6.07 Å². The molecule has 3 N–H and O–H groups in total. The summed E-state index contributed by atoms with van der Waals surface area (Å²) in [5.41, 5.74) is 6.98. The van der Waals surface area contributed by atoms with Crippen molar-refractivity contribution in [3.63, 3.8) is 0 Å². The summed E-state index contributed by atoms with van der Waals surface area (Å²) in [6.07, 6.45) is 0.450. The number of nitrogens with two attached hydrogens (primary N) is 1. The van der Waals surface area contributed by atoms with Crippen LogP contribution in [0.15, 0.2) is 59.8 Å². The van der Waals surface area contributed by atoms with Gasteiger partial charge < -0.3 is 10.5 Å². The van der Waals surface area contributed by atoms with Crippen LogP contribution in [0.5, 0.6) is 5.88 Å². The minimum atomic E-state index is -4.64. The first-order valence-electron chi connectivity index (χ1n) is 10.9. The molecule has 39 heavy (non-hydrogen) atoms. The highest BCUT2D eigenvalue weighted by Crippen LogP contribution is 2.36. The summed E-state index contributed by atoms with van der Waals surface area (Å²) in [6, 6.07) is 9.31. The van der Waals surface area contributed by atoms with Crippen molar-refractivity contribution in [1.82, 2.24) is 24.1 Å². The molecular weight excluding hydrogens is 541 g/mol. The number of fused-ring (bicyclic) bond motifs is 3. The maximum Gasteiger partial charge on any atom is 0.419 e. The second-order valence-corrected chi connectivity index (χ2v) is 9.81. The number of methoxy groups -OCH3 is 1. The second kappa shape index (κ2) is 9.99. The lowest BCUT2D eigenvalue weighted by molar-refractivity contribution is -0.137. The number of anilines is 1. The van der Waals surface area contributed by atoms with Crippen LogP contribution in [-0.2, 0) is 23.3 Å². The number of halogens is 3. The Hall–Kier alpha value is -4.50. The average molecular weight is 563 g/mol. The molecule has 0 spiro atoms. The maximum absolute atomic E-state index is 13.4. The molecular formula is C24H21F3N6O5S. The van der Waals surface area contributed by atoms with Crippen LogP contribution < -0.4 is 16.2 Å². The first-order chi connectivity index (χ1) is 18.2. The normalized spacial score (nSPS) is 11.9. The number of benzene rings is 1. The Bertz CT molecular complexity index is 1860. The van der Waals surface area contributed by atoms with Crippen LogP contribution in [0.1, 0.15) is 5.56 Å². The summed E-state index contributed by atoms with van der Waals surface area (Å²) in [4.78, 5) is 25.5. The molecule has 5 aromatic rings. The van der Waals surface area contributed by atoms with Gasteiger partial charge in [-0.3, -0.25) is 18.7 Å². The molecule has 0 saturated carbocycles. The molecule has 0 atom stereocenters. The minimum Gasteiger partial charge on any atom is -0.481 e. The van der Waals surface area contributed by atoms with Gasteiger partial charge in [0.05, 0.1) is 53.6 Å². The van der Waals surface area contributed by atoms with E-state index in [1.165, 1.54) is 28.6 Å². The average Bonchev–Trinajstić information content (AvgIpc) is 3.12. The molecule has 0 saturated heterocycles. The maximum atomic E-state index is 13.4. The molecule has 0 aliphatic heterocycles. The molecule has 4 heterocycles. The number of pyridine rings is 3. The molecule has 4 aromatic heterocycles. The van der Waals surface area contributed by atoms with Gasteiger partial charge in [0.2, 0.25) is 5.88 Å². The number of nitrogens with zero attached hydrogens (tertiary/aromatic N) is 5. The van der Waals surface area contributed by atoms with Gasteiger partial charge in [0.25, 0.3) is 10.1 Å². The molecule has 15 heteroatoms. The molecule has 11 nitrogen and oxygen atoms in total. The molecule has 1 aromatic carbocycles. The van der Waals surface area contributed by atoms with Crippen LogP contribution in [0.25, 0.3) is 38.8 Å². The first-order valence-corrected chi connectivity index (χ1v) is 12.8. The van der Waals surface area contributed by atoms with E-state index in [1.807, 2.05) is 0 Å². The van der Waals surface area contributed by atoms with Gasteiger partial charge in [0.1, 0.15) is 5.82 Å². The summed E-state index contributed by atoms with van der Waals surface area (Å²) >= 11 is 0. The third-order valence-electron chi connectivity index (χ3n) is 5.63. The Morgan fingerprint density at radius 1 is 1.00 bits per heavy atom. The number of nitrogen functional groups attached to an aromatic ring is 1. The van der Waals surface area contributed by atoms with E-state index < -0.39 is 27.7 Å². The molecule has 204 valence electrons. The number of aromatic nitrogens is 5. The van der Waals surface area contributed by atoms with Crippen LogP contribution in [-0.4, -0.2) is 50.4 Å². The standard InChI is InChI=1S/C23H17F3N6O2.CH4O3S/c1-31-18-11-28-17-5-3-12(13-8-16(23(24,25)26)21(27)30-9-13)7-15(17)20(18)32(22(31)33)14-4-6-19(34-2)29-10-14;1-5(2,3)4/h3-11H,1-2H3,(H2,27,30);1H3,(H,2,3,4). The Labute approximate surface area is 219 Å². The smallest absolute Gasteiger partial charge is 0.419 e. The third-order valence-corrected chi connectivity index (χ3v) is 5.63. The van der Waals surface area contributed by atoms with Crippen molar-refractivity contribution in [2.75, 3.05) is 19.1 Å². The SMILES string of the molecule is COc1ccc(-n2c(=O)n(C)c3cnc4ccc(-c5cnc(N)c(C(F)(F)F)c5)cc4c32)cn1.CS(=O)(=O)O. The highest BCUT2D eigenvalue weighted by atomic mass is 32.2. The zero-order valence-electron chi connectivity index (χ0n) is 20.6. The van der Waals surface area contributed by atoms with E-state index in [1.54, 1.807) is 43.6 Å². The van der Waals surface area contributed by atoms with E-state index >= 15 is 0 Å². The highest BCUT2D eigenvalue weighted by molar-refractivity contribution is 7.85. The van der Waals surface area contributed by atoms with Crippen molar-refractivity contribution < 1.29 is 30.9 Å². The van der Waals surface area contributed by atoms with E-state index in [9.17, 15) is 26.4 Å². The Morgan fingerprint density at radius 3 is 2.28 bits per heavy atom. The second-order valence-electron chi connectivity index (χ2n) is 8.35. The number of aryl methyl sites for hydroxylation is 1. The third kappa shape index (κ3) is 5.68. The fraction of sp³-hybridized carbons (Fsp3) is 0.167. The lowest BCUT2D eigenvalue weighted by atomic mass is 10.0. The Morgan fingerprint density at radius 2 is 1.69 bits per heavy atom. The lowest BCUT2D eigenvalue weighted by Crippen LogP contribution is -2.20. The predicted molar refractivity (Wildman–Crippen MR) is 138 cm³/mol.